The molecule has 0 spiro atoms. The molecule has 9 heteroatoms. The lowest BCUT2D eigenvalue weighted by atomic mass is 9.96. The van der Waals surface area contributed by atoms with Gasteiger partial charge in [-0.3, -0.25) is 9.78 Å². The van der Waals surface area contributed by atoms with Gasteiger partial charge in [0.15, 0.2) is 0 Å². The van der Waals surface area contributed by atoms with Crippen LogP contribution in [0.5, 0.6) is 5.75 Å². The number of anilines is 2. The Morgan fingerprint density at radius 3 is 2.19 bits per heavy atom. The number of likely N-dealkylation sites (tertiary alicyclic amines) is 2. The lowest BCUT2D eigenvalue weighted by Crippen LogP contribution is -2.51. The van der Waals surface area contributed by atoms with Crippen molar-refractivity contribution in [1.82, 2.24) is 19.7 Å². The fourth-order valence-electron chi connectivity index (χ4n) is 6.07. The maximum atomic E-state index is 13.7. The summed E-state index contributed by atoms with van der Waals surface area (Å²) in [5.41, 5.74) is 3.92. The minimum absolute atomic E-state index is 0.0522. The predicted molar refractivity (Wildman–Crippen MR) is 167 cm³/mol. The van der Waals surface area contributed by atoms with Gasteiger partial charge in [-0.15, -0.1) is 0 Å². The van der Waals surface area contributed by atoms with E-state index in [4.69, 9.17) is 0 Å². The molecule has 2 aliphatic heterocycles. The van der Waals surface area contributed by atoms with Crippen LogP contribution in [-0.4, -0.2) is 84.6 Å². The Morgan fingerprint density at radius 2 is 1.56 bits per heavy atom. The van der Waals surface area contributed by atoms with Crippen molar-refractivity contribution < 1.29 is 18.3 Å². The predicted octanol–water partition coefficient (Wildman–Crippen LogP) is 6.05. The monoisotopic (exact) mass is 589 g/mol. The van der Waals surface area contributed by atoms with Gasteiger partial charge in [-0.05, 0) is 99.4 Å². The fraction of sp³-hybridized carbons (Fsp3) is 0.412. The first-order valence-corrected chi connectivity index (χ1v) is 15.0. The van der Waals surface area contributed by atoms with Crippen molar-refractivity contribution in [2.75, 3.05) is 45.2 Å². The van der Waals surface area contributed by atoms with Crippen molar-refractivity contribution >= 4 is 23.4 Å². The molecule has 2 saturated heterocycles. The van der Waals surface area contributed by atoms with Crippen molar-refractivity contribution in [2.45, 2.75) is 50.9 Å². The summed E-state index contributed by atoms with van der Waals surface area (Å²) >= 11 is 0. The summed E-state index contributed by atoms with van der Waals surface area (Å²) in [4.78, 5) is 26.9. The van der Waals surface area contributed by atoms with E-state index in [9.17, 15) is 13.6 Å². The number of carbonyl (C=O) groups is 1. The number of aromatic nitrogens is 1. The molecule has 7 nitrogen and oxygen atoms in total. The molecule has 2 aromatic carbocycles. The van der Waals surface area contributed by atoms with Crippen molar-refractivity contribution in [1.29, 1.82) is 0 Å². The number of nitrogens with zero attached hydrogens (tertiary/aromatic N) is 5. The van der Waals surface area contributed by atoms with Gasteiger partial charge >= 0.3 is 6.61 Å². The minimum Gasteiger partial charge on any atom is -0.435 e. The van der Waals surface area contributed by atoms with Gasteiger partial charge in [-0.2, -0.15) is 8.78 Å². The normalized spacial score (nSPS) is 17.4. The summed E-state index contributed by atoms with van der Waals surface area (Å²) in [6.07, 6.45) is 11.2. The average Bonchev–Trinajstić information content (AvgIpc) is 3.04. The van der Waals surface area contributed by atoms with E-state index in [0.29, 0.717) is 12.6 Å². The van der Waals surface area contributed by atoms with Gasteiger partial charge < -0.3 is 24.3 Å². The molecule has 228 valence electrons. The van der Waals surface area contributed by atoms with Crippen LogP contribution in [-0.2, 0) is 11.3 Å². The molecule has 0 saturated carbocycles. The van der Waals surface area contributed by atoms with E-state index >= 15 is 0 Å². The fourth-order valence-corrected chi connectivity index (χ4v) is 6.07. The zero-order valence-electron chi connectivity index (χ0n) is 25.0. The molecule has 0 unspecified atom stereocenters. The summed E-state index contributed by atoms with van der Waals surface area (Å²) < 4.78 is 29.5. The van der Waals surface area contributed by atoms with Gasteiger partial charge in [0.25, 0.3) is 0 Å². The van der Waals surface area contributed by atoms with Crippen LogP contribution in [0.25, 0.3) is 6.08 Å². The standard InChI is InChI=1S/C34H41F2N5O2/c1-38-21-15-30(16-22-38)40-23-17-31(18-24-40)41(33(42)12-7-26-5-10-32(11-6-26)43-34(35)36)25-27-3-8-28(9-4-27)39(2)29-13-19-37-20-14-29/h3-14,19-20,30-31,34H,15-18,21-25H2,1-2H3/b12-7+. The second-order valence-electron chi connectivity index (χ2n) is 11.5. The van der Waals surface area contributed by atoms with E-state index in [1.807, 2.05) is 24.1 Å². The molecule has 0 aliphatic carbocycles. The van der Waals surface area contributed by atoms with Crippen LogP contribution in [0.4, 0.5) is 20.2 Å². The third kappa shape index (κ3) is 8.39. The minimum atomic E-state index is -2.87. The Labute approximate surface area is 253 Å². The number of ether oxygens (including phenoxy) is 1. The van der Waals surface area contributed by atoms with Crippen LogP contribution in [0.3, 0.4) is 0 Å². The second kappa shape index (κ2) is 14.6. The van der Waals surface area contributed by atoms with Crippen LogP contribution in [0.2, 0.25) is 0 Å². The van der Waals surface area contributed by atoms with E-state index in [0.717, 1.165) is 61.5 Å². The molecule has 5 rings (SSSR count). The Kier molecular flexibility index (Phi) is 10.4. The highest BCUT2D eigenvalue weighted by molar-refractivity contribution is 5.92. The maximum absolute atomic E-state index is 13.7. The lowest BCUT2D eigenvalue weighted by molar-refractivity contribution is -0.130. The number of halogens is 2. The summed E-state index contributed by atoms with van der Waals surface area (Å²) in [5, 5.41) is 0. The highest BCUT2D eigenvalue weighted by Crippen LogP contribution is 2.27. The molecular formula is C34H41F2N5O2. The molecule has 0 bridgehead atoms. The number of piperidine rings is 2. The van der Waals surface area contributed by atoms with Crippen LogP contribution >= 0.6 is 0 Å². The Hall–Kier alpha value is -3.82. The number of benzene rings is 2. The Morgan fingerprint density at radius 1 is 0.930 bits per heavy atom. The molecule has 3 heterocycles. The van der Waals surface area contributed by atoms with Crippen molar-refractivity contribution in [2.24, 2.45) is 0 Å². The first-order chi connectivity index (χ1) is 20.9. The Balaban J connectivity index is 1.28. The van der Waals surface area contributed by atoms with E-state index in [1.165, 1.54) is 25.0 Å². The van der Waals surface area contributed by atoms with E-state index < -0.39 is 6.61 Å². The average molecular weight is 590 g/mol. The molecule has 0 N–H and O–H groups in total. The molecule has 0 atom stereocenters. The van der Waals surface area contributed by atoms with Gasteiger partial charge in [-0.25, -0.2) is 0 Å². The summed E-state index contributed by atoms with van der Waals surface area (Å²) in [6, 6.07) is 19.4. The number of hydrogen-bond donors (Lipinski definition) is 0. The van der Waals surface area contributed by atoms with Crippen LogP contribution in [0.15, 0.2) is 79.1 Å². The smallest absolute Gasteiger partial charge is 0.387 e. The summed E-state index contributed by atoms with van der Waals surface area (Å²) in [6.45, 7) is 1.92. The summed E-state index contributed by atoms with van der Waals surface area (Å²) in [7, 11) is 4.21. The molecule has 3 aromatic rings. The zero-order chi connectivity index (χ0) is 30.2. The van der Waals surface area contributed by atoms with Crippen molar-refractivity contribution in [3.63, 3.8) is 0 Å². The molecular weight excluding hydrogens is 548 g/mol. The number of alkyl halides is 2. The van der Waals surface area contributed by atoms with Crippen molar-refractivity contribution in [3.05, 3.63) is 90.3 Å². The van der Waals surface area contributed by atoms with Gasteiger partial charge in [0.05, 0.1) is 0 Å². The molecule has 1 aromatic heterocycles. The number of carbonyl (C=O) groups excluding carboxylic acids is 1. The van der Waals surface area contributed by atoms with Crippen LogP contribution in [0, 0.1) is 0 Å². The molecule has 1 amide bonds. The van der Waals surface area contributed by atoms with E-state index in [2.05, 4.69) is 55.7 Å². The van der Waals surface area contributed by atoms with Gasteiger partial charge in [0.2, 0.25) is 5.91 Å². The zero-order valence-corrected chi connectivity index (χ0v) is 25.0. The maximum Gasteiger partial charge on any atom is 0.387 e. The number of pyridine rings is 1. The van der Waals surface area contributed by atoms with Gasteiger partial charge in [-0.1, -0.05) is 24.3 Å². The summed E-state index contributed by atoms with van der Waals surface area (Å²) in [5.74, 6) is 0.0399. The van der Waals surface area contributed by atoms with E-state index in [1.54, 1.807) is 36.7 Å². The first-order valence-electron chi connectivity index (χ1n) is 15.0. The third-order valence-corrected chi connectivity index (χ3v) is 8.68. The van der Waals surface area contributed by atoms with Crippen LogP contribution < -0.4 is 9.64 Å². The number of rotatable bonds is 10. The third-order valence-electron chi connectivity index (χ3n) is 8.68. The lowest BCUT2D eigenvalue weighted by Gasteiger charge is -2.43. The Bertz CT molecular complexity index is 1320. The quantitative estimate of drug-likeness (QED) is 0.269. The highest BCUT2D eigenvalue weighted by Gasteiger charge is 2.31. The highest BCUT2D eigenvalue weighted by atomic mass is 19.3. The van der Waals surface area contributed by atoms with Gasteiger partial charge in [0, 0.05) is 68.6 Å². The van der Waals surface area contributed by atoms with Gasteiger partial charge in [0.1, 0.15) is 5.75 Å². The van der Waals surface area contributed by atoms with Crippen LogP contribution in [0.1, 0.15) is 36.8 Å². The molecule has 2 fully saturated rings. The molecule has 43 heavy (non-hydrogen) atoms. The number of hydrogen-bond acceptors (Lipinski definition) is 6. The van der Waals surface area contributed by atoms with Crippen molar-refractivity contribution in [3.8, 4) is 5.75 Å². The number of amides is 1. The largest absolute Gasteiger partial charge is 0.435 e. The molecule has 0 radical (unpaired) electrons. The van der Waals surface area contributed by atoms with E-state index in [-0.39, 0.29) is 17.7 Å². The topological polar surface area (TPSA) is 52.2 Å². The SMILES string of the molecule is CN1CCC(N2CCC(N(Cc3ccc(N(C)c4ccncc4)cc3)C(=O)/C=C/c3ccc(OC(F)F)cc3)CC2)CC1. The first kappa shape index (κ1) is 30.6. The molecule has 2 aliphatic rings. The second-order valence-corrected chi connectivity index (χ2v) is 11.5.